The monoisotopic (exact) mass is 284 g/mol. The molecule has 7 heteroatoms. The minimum absolute atomic E-state index is 0.00952. The average molecular weight is 284 g/mol. The quantitative estimate of drug-likeness (QED) is 0.847. The molecule has 0 aromatic carbocycles. The molecular weight excluding hydrogens is 264 g/mol. The lowest BCUT2D eigenvalue weighted by atomic mass is 9.50. The number of nitrogens with one attached hydrogen (secondary N) is 2. The van der Waals surface area contributed by atoms with Gasteiger partial charge in [0.25, 0.3) is 10.0 Å². The molecule has 2 atom stereocenters. The number of hydrogen-bond acceptors (Lipinski definition) is 4. The van der Waals surface area contributed by atoms with Crippen LogP contribution in [-0.2, 0) is 10.0 Å². The first kappa shape index (κ1) is 13.1. The van der Waals surface area contributed by atoms with Gasteiger partial charge in [0, 0.05) is 29.9 Å². The summed E-state index contributed by atoms with van der Waals surface area (Å²) in [6.45, 7) is 0. The molecule has 2 N–H and O–H groups in total. The summed E-state index contributed by atoms with van der Waals surface area (Å²) in [6.07, 6.45) is 7.28. The van der Waals surface area contributed by atoms with E-state index in [4.69, 9.17) is 0 Å². The molecule has 6 nitrogen and oxygen atoms in total. The molecule has 2 aliphatic rings. The Bertz CT molecular complexity index is 548. The molecule has 2 aliphatic carbocycles. The van der Waals surface area contributed by atoms with Crippen LogP contribution in [0.5, 0.6) is 0 Å². The van der Waals surface area contributed by atoms with Crippen molar-refractivity contribution in [3.8, 4) is 0 Å². The number of aromatic amines is 1. The van der Waals surface area contributed by atoms with Gasteiger partial charge in [0.15, 0.2) is 0 Å². The number of hydrogen-bond donors (Lipinski definition) is 2. The minimum Gasteiger partial charge on any atom is -0.334 e. The van der Waals surface area contributed by atoms with E-state index in [0.717, 1.165) is 19.3 Å². The summed E-state index contributed by atoms with van der Waals surface area (Å²) >= 11 is 0. The first-order valence-corrected chi connectivity index (χ1v) is 8.12. The normalized spacial score (nSPS) is 29.2. The van der Waals surface area contributed by atoms with Gasteiger partial charge in [0.1, 0.15) is 0 Å². The maximum atomic E-state index is 12.2. The van der Waals surface area contributed by atoms with Crippen LogP contribution >= 0.6 is 0 Å². The van der Waals surface area contributed by atoms with Crippen molar-refractivity contribution < 1.29 is 8.42 Å². The molecule has 2 unspecified atom stereocenters. The summed E-state index contributed by atoms with van der Waals surface area (Å²) in [7, 11) is 0.634. The Balaban J connectivity index is 1.75. The second-order valence-corrected chi connectivity index (χ2v) is 7.50. The molecule has 1 aromatic heterocycles. The third kappa shape index (κ3) is 1.91. The lowest BCUT2D eigenvalue weighted by Gasteiger charge is -2.63. The van der Waals surface area contributed by atoms with Crippen LogP contribution < -0.4 is 4.72 Å². The molecule has 106 valence electrons. The Hall–Kier alpha value is -0.920. The summed E-state index contributed by atoms with van der Waals surface area (Å²) in [4.78, 5) is 8.70. The number of nitrogens with zero attached hydrogens (tertiary/aromatic N) is 2. The molecule has 0 bridgehead atoms. The van der Waals surface area contributed by atoms with Crippen molar-refractivity contribution in [1.29, 1.82) is 0 Å². The lowest BCUT2D eigenvalue weighted by molar-refractivity contribution is -0.0922. The summed E-state index contributed by atoms with van der Waals surface area (Å²) < 4.78 is 27.2. The summed E-state index contributed by atoms with van der Waals surface area (Å²) in [5.74, 6) is 0. The van der Waals surface area contributed by atoms with Crippen molar-refractivity contribution in [3.05, 3.63) is 12.4 Å². The highest BCUT2D eigenvalue weighted by molar-refractivity contribution is 7.89. The third-order valence-corrected chi connectivity index (χ3v) is 6.08. The maximum Gasteiger partial charge on any atom is 0.274 e. The van der Waals surface area contributed by atoms with Crippen LogP contribution in [0.25, 0.3) is 0 Å². The van der Waals surface area contributed by atoms with Crippen molar-refractivity contribution in [2.75, 3.05) is 14.1 Å². The van der Waals surface area contributed by atoms with Crippen LogP contribution in [0.2, 0.25) is 0 Å². The minimum atomic E-state index is -3.51. The van der Waals surface area contributed by atoms with E-state index in [-0.39, 0.29) is 16.6 Å². The highest BCUT2D eigenvalue weighted by Gasteiger charge is 2.59. The zero-order valence-corrected chi connectivity index (χ0v) is 12.1. The highest BCUT2D eigenvalue weighted by Crippen LogP contribution is 2.57. The Morgan fingerprint density at radius 2 is 2.21 bits per heavy atom. The SMILES string of the molecule is CN(C)C1CC(NS(=O)(=O)c2ncc[nH]2)C12CCC2. The van der Waals surface area contributed by atoms with Gasteiger partial charge in [0.05, 0.1) is 0 Å². The Morgan fingerprint density at radius 1 is 1.47 bits per heavy atom. The van der Waals surface area contributed by atoms with E-state index in [2.05, 4.69) is 33.7 Å². The van der Waals surface area contributed by atoms with E-state index in [0.29, 0.717) is 6.04 Å². The zero-order chi connectivity index (χ0) is 13.7. The van der Waals surface area contributed by atoms with E-state index in [1.807, 2.05) is 0 Å². The topological polar surface area (TPSA) is 78.1 Å². The van der Waals surface area contributed by atoms with Gasteiger partial charge in [-0.05, 0) is 33.4 Å². The van der Waals surface area contributed by atoms with Crippen molar-refractivity contribution in [2.24, 2.45) is 5.41 Å². The highest BCUT2D eigenvalue weighted by atomic mass is 32.2. The van der Waals surface area contributed by atoms with Crippen LogP contribution in [0.15, 0.2) is 17.6 Å². The standard InChI is InChI=1S/C12H20N4O2S/c1-16(2)10-8-9(12(10)4-3-5-12)15-19(17,18)11-13-6-7-14-11/h6-7,9-10,15H,3-5,8H2,1-2H3,(H,13,14). The smallest absolute Gasteiger partial charge is 0.274 e. The van der Waals surface area contributed by atoms with Crippen LogP contribution in [0.4, 0.5) is 0 Å². The van der Waals surface area contributed by atoms with E-state index >= 15 is 0 Å². The number of sulfonamides is 1. The van der Waals surface area contributed by atoms with Crippen LogP contribution in [0, 0.1) is 5.41 Å². The van der Waals surface area contributed by atoms with Gasteiger partial charge in [-0.3, -0.25) is 0 Å². The Morgan fingerprint density at radius 3 is 2.68 bits per heavy atom. The van der Waals surface area contributed by atoms with Crippen LogP contribution in [0.1, 0.15) is 25.7 Å². The fourth-order valence-electron chi connectivity index (χ4n) is 3.56. The van der Waals surface area contributed by atoms with E-state index in [1.54, 1.807) is 0 Å². The second kappa shape index (κ2) is 4.29. The van der Waals surface area contributed by atoms with Crippen LogP contribution in [0.3, 0.4) is 0 Å². The Labute approximate surface area is 113 Å². The molecule has 2 fully saturated rings. The third-order valence-electron chi connectivity index (χ3n) is 4.75. The van der Waals surface area contributed by atoms with Crippen molar-refractivity contribution in [3.63, 3.8) is 0 Å². The fourth-order valence-corrected chi connectivity index (χ4v) is 4.80. The predicted molar refractivity (Wildman–Crippen MR) is 71.1 cm³/mol. The molecule has 0 amide bonds. The van der Waals surface area contributed by atoms with Gasteiger partial charge in [-0.15, -0.1) is 0 Å². The molecule has 1 spiro atoms. The molecule has 2 saturated carbocycles. The van der Waals surface area contributed by atoms with E-state index in [9.17, 15) is 8.42 Å². The molecule has 3 rings (SSSR count). The van der Waals surface area contributed by atoms with Crippen molar-refractivity contribution in [1.82, 2.24) is 19.6 Å². The van der Waals surface area contributed by atoms with E-state index in [1.165, 1.54) is 18.8 Å². The molecule has 0 saturated heterocycles. The van der Waals surface area contributed by atoms with Gasteiger partial charge in [-0.1, -0.05) is 6.42 Å². The zero-order valence-electron chi connectivity index (χ0n) is 11.3. The van der Waals surface area contributed by atoms with Crippen molar-refractivity contribution in [2.45, 2.75) is 42.9 Å². The summed E-state index contributed by atoms with van der Waals surface area (Å²) in [5, 5.41) is 0.00952. The first-order chi connectivity index (χ1) is 8.96. The van der Waals surface area contributed by atoms with E-state index < -0.39 is 10.0 Å². The summed E-state index contributed by atoms with van der Waals surface area (Å²) in [5.41, 5.74) is 0.142. The van der Waals surface area contributed by atoms with Crippen molar-refractivity contribution >= 4 is 10.0 Å². The van der Waals surface area contributed by atoms with Gasteiger partial charge >= 0.3 is 0 Å². The lowest BCUT2D eigenvalue weighted by Crippen LogP contribution is -2.70. The summed E-state index contributed by atoms with van der Waals surface area (Å²) in [6, 6.07) is 0.536. The van der Waals surface area contributed by atoms with Gasteiger partial charge in [-0.2, -0.15) is 0 Å². The number of H-pyrrole nitrogens is 1. The number of rotatable bonds is 4. The molecular formula is C12H20N4O2S. The molecule has 1 heterocycles. The maximum absolute atomic E-state index is 12.2. The fraction of sp³-hybridized carbons (Fsp3) is 0.750. The second-order valence-electron chi connectivity index (χ2n) is 5.87. The van der Waals surface area contributed by atoms with Gasteiger partial charge < -0.3 is 9.88 Å². The Kier molecular flexibility index (Phi) is 2.95. The average Bonchev–Trinajstić information content (AvgIpc) is 2.74. The van der Waals surface area contributed by atoms with Gasteiger partial charge in [-0.25, -0.2) is 18.1 Å². The molecule has 0 aliphatic heterocycles. The number of imidazole rings is 1. The molecule has 0 radical (unpaired) electrons. The largest absolute Gasteiger partial charge is 0.334 e. The van der Waals surface area contributed by atoms with Crippen LogP contribution in [-0.4, -0.2) is 49.5 Å². The first-order valence-electron chi connectivity index (χ1n) is 6.64. The molecule has 1 aromatic rings. The number of aromatic nitrogens is 2. The van der Waals surface area contributed by atoms with Gasteiger partial charge in [0.2, 0.25) is 5.16 Å². The predicted octanol–water partition coefficient (Wildman–Crippen LogP) is 0.561. The molecule has 19 heavy (non-hydrogen) atoms.